The maximum Gasteiger partial charge on any atom is 0.228 e. The number of nitrogens with one attached hydrogen (secondary N) is 2. The van der Waals surface area contributed by atoms with Crippen molar-refractivity contribution in [2.75, 3.05) is 10.6 Å². The molecule has 0 radical (unpaired) electrons. The fourth-order valence-electron chi connectivity index (χ4n) is 2.01. The second-order valence-corrected chi connectivity index (χ2v) is 9.09. The van der Waals surface area contributed by atoms with Crippen LogP contribution in [-0.4, -0.2) is 14.9 Å². The number of para-hydroxylation sites is 1. The van der Waals surface area contributed by atoms with E-state index in [2.05, 4.69) is 15.6 Å². The van der Waals surface area contributed by atoms with Crippen LogP contribution < -0.4 is 10.6 Å². The molecule has 3 rings (SSSR count). The molecule has 0 saturated heterocycles. The SMILES string of the molecule is Clc1ccc(NC(Nc2nc3ccccc3s2)C(Cl)(Cl)Cl)cc1Cl. The Kier molecular flexibility index (Phi) is 5.55. The number of anilines is 2. The molecule has 0 fully saturated rings. The fraction of sp³-hybridized carbons (Fsp3) is 0.133. The number of nitrogens with zero attached hydrogens (tertiary/aromatic N) is 1. The molecule has 2 N–H and O–H groups in total. The van der Waals surface area contributed by atoms with Crippen molar-refractivity contribution in [3.63, 3.8) is 0 Å². The van der Waals surface area contributed by atoms with Gasteiger partial charge in [-0.15, -0.1) is 0 Å². The number of hydrogen-bond acceptors (Lipinski definition) is 4. The minimum atomic E-state index is -1.62. The molecule has 2 aromatic carbocycles. The molecule has 0 saturated carbocycles. The predicted molar refractivity (Wildman–Crippen MR) is 107 cm³/mol. The maximum atomic E-state index is 6.09. The molecule has 0 aliphatic heterocycles. The van der Waals surface area contributed by atoms with Gasteiger partial charge < -0.3 is 10.6 Å². The topological polar surface area (TPSA) is 37.0 Å². The van der Waals surface area contributed by atoms with Crippen LogP contribution >= 0.6 is 69.3 Å². The zero-order valence-electron chi connectivity index (χ0n) is 11.9. The Morgan fingerprint density at radius 2 is 1.71 bits per heavy atom. The van der Waals surface area contributed by atoms with Crippen LogP contribution in [0.5, 0.6) is 0 Å². The molecule has 3 nitrogen and oxygen atoms in total. The van der Waals surface area contributed by atoms with Crippen molar-refractivity contribution in [1.29, 1.82) is 0 Å². The van der Waals surface area contributed by atoms with Crippen molar-refractivity contribution in [2.45, 2.75) is 9.96 Å². The highest BCUT2D eigenvalue weighted by atomic mass is 35.6. The summed E-state index contributed by atoms with van der Waals surface area (Å²) in [5.41, 5.74) is 1.54. The molecule has 3 aromatic rings. The average Bonchev–Trinajstić information content (AvgIpc) is 2.92. The van der Waals surface area contributed by atoms with Gasteiger partial charge in [-0.3, -0.25) is 0 Å². The summed E-state index contributed by atoms with van der Waals surface area (Å²) in [5, 5.41) is 7.71. The first kappa shape index (κ1) is 18.2. The lowest BCUT2D eigenvalue weighted by Gasteiger charge is -2.27. The zero-order valence-corrected chi connectivity index (χ0v) is 16.5. The zero-order chi connectivity index (χ0) is 17.3. The summed E-state index contributed by atoms with van der Waals surface area (Å²) in [5.74, 6) is 0. The van der Waals surface area contributed by atoms with Gasteiger partial charge in [0, 0.05) is 5.69 Å². The molecular weight excluding hydrogens is 432 g/mol. The van der Waals surface area contributed by atoms with E-state index in [0.29, 0.717) is 20.9 Å². The third-order valence-electron chi connectivity index (χ3n) is 3.12. The van der Waals surface area contributed by atoms with E-state index in [0.717, 1.165) is 10.2 Å². The van der Waals surface area contributed by atoms with Gasteiger partial charge in [-0.25, -0.2) is 4.98 Å². The number of alkyl halides is 3. The normalized spacial score (nSPS) is 13.0. The number of halogens is 5. The number of thiazole rings is 1. The predicted octanol–water partition coefficient (Wildman–Crippen LogP) is 6.82. The molecule has 0 spiro atoms. The average molecular weight is 442 g/mol. The van der Waals surface area contributed by atoms with Crippen molar-refractivity contribution in [3.8, 4) is 0 Å². The van der Waals surface area contributed by atoms with Gasteiger partial charge in [0.25, 0.3) is 0 Å². The monoisotopic (exact) mass is 439 g/mol. The smallest absolute Gasteiger partial charge is 0.228 e. The van der Waals surface area contributed by atoms with E-state index >= 15 is 0 Å². The van der Waals surface area contributed by atoms with Gasteiger partial charge in [-0.2, -0.15) is 0 Å². The second kappa shape index (κ2) is 7.32. The van der Waals surface area contributed by atoms with Gasteiger partial charge in [0.1, 0.15) is 6.17 Å². The van der Waals surface area contributed by atoms with Crippen LogP contribution in [0, 0.1) is 0 Å². The van der Waals surface area contributed by atoms with E-state index in [4.69, 9.17) is 58.0 Å². The second-order valence-electron chi connectivity index (χ2n) is 4.88. The van der Waals surface area contributed by atoms with Crippen LogP contribution in [0.1, 0.15) is 0 Å². The van der Waals surface area contributed by atoms with Crippen LogP contribution in [0.15, 0.2) is 42.5 Å². The lowest BCUT2D eigenvalue weighted by molar-refractivity contribution is 0.836. The highest BCUT2D eigenvalue weighted by Crippen LogP contribution is 2.35. The molecule has 24 heavy (non-hydrogen) atoms. The van der Waals surface area contributed by atoms with Crippen molar-refractivity contribution in [2.24, 2.45) is 0 Å². The summed E-state index contributed by atoms with van der Waals surface area (Å²) >= 11 is 31.7. The van der Waals surface area contributed by atoms with Gasteiger partial charge in [0.05, 0.1) is 20.3 Å². The first-order valence-electron chi connectivity index (χ1n) is 6.73. The van der Waals surface area contributed by atoms with Crippen molar-refractivity contribution in [3.05, 3.63) is 52.5 Å². The van der Waals surface area contributed by atoms with Crippen molar-refractivity contribution < 1.29 is 0 Å². The van der Waals surface area contributed by atoms with Gasteiger partial charge in [0.2, 0.25) is 3.79 Å². The van der Waals surface area contributed by atoms with Gasteiger partial charge >= 0.3 is 0 Å². The van der Waals surface area contributed by atoms with Crippen LogP contribution in [0.4, 0.5) is 10.8 Å². The van der Waals surface area contributed by atoms with Gasteiger partial charge in [-0.05, 0) is 30.3 Å². The highest BCUT2D eigenvalue weighted by Gasteiger charge is 2.33. The quantitative estimate of drug-likeness (QED) is 0.344. The minimum absolute atomic E-state index is 0.407. The molecule has 0 amide bonds. The molecule has 1 atom stereocenters. The molecular formula is C15H10Cl5N3S. The van der Waals surface area contributed by atoms with Crippen molar-refractivity contribution >= 4 is 90.4 Å². The number of rotatable bonds is 4. The number of aromatic nitrogens is 1. The third-order valence-corrected chi connectivity index (χ3v) is 5.48. The lowest BCUT2D eigenvalue weighted by Crippen LogP contribution is -2.40. The first-order chi connectivity index (χ1) is 11.3. The molecule has 9 heteroatoms. The summed E-state index contributed by atoms with van der Waals surface area (Å²) in [7, 11) is 0. The van der Waals surface area contributed by atoms with Gasteiger partial charge in [-0.1, -0.05) is 81.5 Å². The molecule has 1 aromatic heterocycles. The summed E-state index contributed by atoms with van der Waals surface area (Å²) < 4.78 is -0.582. The summed E-state index contributed by atoms with van der Waals surface area (Å²) in [6, 6.07) is 12.9. The van der Waals surface area contributed by atoms with Gasteiger partial charge in [0.15, 0.2) is 5.13 Å². The fourth-order valence-corrected chi connectivity index (χ4v) is 3.53. The largest absolute Gasteiger partial charge is 0.362 e. The van der Waals surface area contributed by atoms with E-state index in [-0.39, 0.29) is 0 Å². The molecule has 0 bridgehead atoms. The van der Waals surface area contributed by atoms with E-state index in [1.165, 1.54) is 11.3 Å². The first-order valence-corrected chi connectivity index (χ1v) is 9.44. The van der Waals surface area contributed by atoms with Crippen LogP contribution in [0.3, 0.4) is 0 Å². The molecule has 0 aliphatic rings. The van der Waals surface area contributed by atoms with Crippen molar-refractivity contribution in [1.82, 2.24) is 4.98 Å². The third kappa shape index (κ3) is 4.31. The Morgan fingerprint density at radius 1 is 0.958 bits per heavy atom. The minimum Gasteiger partial charge on any atom is -0.362 e. The standard InChI is InChI=1S/C15H10Cl5N3S/c16-9-6-5-8(7-10(9)17)21-13(15(18,19)20)23-14-22-11-3-1-2-4-12(11)24-14/h1-7,13,21H,(H,22,23). The van der Waals surface area contributed by atoms with E-state index in [9.17, 15) is 0 Å². The van der Waals surface area contributed by atoms with Crippen LogP contribution in [-0.2, 0) is 0 Å². The number of hydrogen-bond donors (Lipinski definition) is 2. The summed E-state index contributed by atoms with van der Waals surface area (Å²) in [4.78, 5) is 4.48. The Morgan fingerprint density at radius 3 is 2.38 bits per heavy atom. The van der Waals surface area contributed by atoms with Crippen LogP contribution in [0.2, 0.25) is 10.0 Å². The Balaban J connectivity index is 1.85. The molecule has 0 aliphatic carbocycles. The Labute approximate surface area is 167 Å². The highest BCUT2D eigenvalue weighted by molar-refractivity contribution is 7.22. The molecule has 1 heterocycles. The summed E-state index contributed by atoms with van der Waals surface area (Å²) in [6.07, 6.45) is -0.722. The molecule has 1 unspecified atom stereocenters. The Bertz CT molecular complexity index is 829. The van der Waals surface area contributed by atoms with E-state index in [1.54, 1.807) is 18.2 Å². The van der Waals surface area contributed by atoms with E-state index in [1.807, 2.05) is 24.3 Å². The van der Waals surface area contributed by atoms with E-state index < -0.39 is 9.96 Å². The maximum absolute atomic E-state index is 6.09. The number of fused-ring (bicyclic) bond motifs is 1. The Hall–Kier alpha value is -0.620. The van der Waals surface area contributed by atoms with Crippen LogP contribution in [0.25, 0.3) is 10.2 Å². The lowest BCUT2D eigenvalue weighted by atomic mass is 10.3. The molecule has 126 valence electrons. The summed E-state index contributed by atoms with van der Waals surface area (Å²) in [6.45, 7) is 0. The number of benzene rings is 2.